The van der Waals surface area contributed by atoms with Crippen molar-refractivity contribution in [2.75, 3.05) is 5.32 Å². The maximum Gasteiger partial charge on any atom is 0.261 e. The lowest BCUT2D eigenvalue weighted by Crippen LogP contribution is -2.24. The van der Waals surface area contributed by atoms with Crippen LogP contribution in [0, 0.1) is 6.92 Å². The molecule has 2 N–H and O–H groups in total. The number of fused-ring (bicyclic) bond motifs is 2. The number of nitrogens with zero attached hydrogens (tertiary/aromatic N) is 2. The van der Waals surface area contributed by atoms with Crippen molar-refractivity contribution in [2.24, 2.45) is 0 Å². The number of anilines is 1. The molecule has 1 aromatic carbocycles. The van der Waals surface area contributed by atoms with Gasteiger partial charge in [-0.1, -0.05) is 19.4 Å². The molecule has 0 aliphatic rings. The van der Waals surface area contributed by atoms with Crippen molar-refractivity contribution in [3.63, 3.8) is 0 Å². The number of nitrogens with one attached hydrogen (secondary N) is 2. The molecule has 3 aromatic heterocycles. The number of amides is 1. The molecule has 0 saturated heterocycles. The predicted octanol–water partition coefficient (Wildman–Crippen LogP) is 3.77. The molecule has 0 atom stereocenters. The molecule has 0 bridgehead atoms. The van der Waals surface area contributed by atoms with Gasteiger partial charge in [0.2, 0.25) is 11.0 Å². The first kappa shape index (κ1) is 20.5. The zero-order valence-electron chi connectivity index (χ0n) is 17.8. The summed E-state index contributed by atoms with van der Waals surface area (Å²) in [4.78, 5) is 45.2. The SMILES string of the molecule is CCCc1cc(=O)[nH]c2cc(NC(=O)c3cn(CC)c4nc(C)ccc4c3=O)ccc12. The summed E-state index contributed by atoms with van der Waals surface area (Å²) in [5, 5.41) is 4.15. The van der Waals surface area contributed by atoms with Gasteiger partial charge in [-0.25, -0.2) is 4.98 Å². The highest BCUT2D eigenvalue weighted by molar-refractivity contribution is 6.06. The molecule has 0 fully saturated rings. The van der Waals surface area contributed by atoms with Gasteiger partial charge >= 0.3 is 0 Å². The number of hydrogen-bond acceptors (Lipinski definition) is 4. The second-order valence-electron chi connectivity index (χ2n) is 7.61. The minimum atomic E-state index is -0.499. The fourth-order valence-corrected chi connectivity index (χ4v) is 3.85. The van der Waals surface area contributed by atoms with E-state index in [2.05, 4.69) is 22.2 Å². The predicted molar refractivity (Wildman–Crippen MR) is 123 cm³/mol. The molecule has 7 nitrogen and oxygen atoms in total. The van der Waals surface area contributed by atoms with E-state index in [0.29, 0.717) is 28.8 Å². The van der Waals surface area contributed by atoms with Gasteiger partial charge in [-0.2, -0.15) is 0 Å². The normalized spacial score (nSPS) is 11.2. The number of pyridine rings is 3. The summed E-state index contributed by atoms with van der Waals surface area (Å²) in [5.41, 5.74) is 3.02. The van der Waals surface area contributed by atoms with Crippen molar-refractivity contribution in [3.8, 4) is 0 Å². The average Bonchev–Trinajstić information content (AvgIpc) is 2.73. The molecule has 0 aliphatic heterocycles. The third kappa shape index (κ3) is 3.86. The minimum Gasteiger partial charge on any atom is -0.332 e. The summed E-state index contributed by atoms with van der Waals surface area (Å²) in [6.45, 7) is 6.43. The zero-order valence-corrected chi connectivity index (χ0v) is 17.8. The first-order valence-electron chi connectivity index (χ1n) is 10.4. The summed E-state index contributed by atoms with van der Waals surface area (Å²) in [6.07, 6.45) is 3.28. The van der Waals surface area contributed by atoms with Crippen LogP contribution in [0.1, 0.15) is 41.9 Å². The third-order valence-corrected chi connectivity index (χ3v) is 5.35. The van der Waals surface area contributed by atoms with Crippen LogP contribution in [0.4, 0.5) is 5.69 Å². The maximum atomic E-state index is 13.0. The lowest BCUT2D eigenvalue weighted by Gasteiger charge is -2.12. The maximum absolute atomic E-state index is 13.0. The topological polar surface area (TPSA) is 96.8 Å². The van der Waals surface area contributed by atoms with E-state index >= 15 is 0 Å². The second kappa shape index (κ2) is 8.18. The van der Waals surface area contributed by atoms with Crippen LogP contribution in [0.3, 0.4) is 0 Å². The average molecular weight is 416 g/mol. The Bertz CT molecular complexity index is 1430. The van der Waals surface area contributed by atoms with Crippen LogP contribution < -0.4 is 16.3 Å². The molecule has 4 rings (SSSR count). The lowest BCUT2D eigenvalue weighted by atomic mass is 10.0. The van der Waals surface area contributed by atoms with E-state index in [4.69, 9.17) is 0 Å². The number of aromatic nitrogens is 3. The molecular weight excluding hydrogens is 392 g/mol. The Morgan fingerprint density at radius 1 is 1.10 bits per heavy atom. The number of carbonyl (C=O) groups excluding carboxylic acids is 1. The van der Waals surface area contributed by atoms with E-state index in [-0.39, 0.29) is 16.6 Å². The molecule has 7 heteroatoms. The molecule has 158 valence electrons. The Balaban J connectivity index is 1.74. The fourth-order valence-electron chi connectivity index (χ4n) is 3.85. The van der Waals surface area contributed by atoms with Gasteiger partial charge < -0.3 is 14.9 Å². The van der Waals surface area contributed by atoms with E-state index in [1.54, 1.807) is 41.1 Å². The van der Waals surface area contributed by atoms with Crippen molar-refractivity contribution >= 4 is 33.5 Å². The van der Waals surface area contributed by atoms with Crippen LogP contribution >= 0.6 is 0 Å². The van der Waals surface area contributed by atoms with Crippen LogP contribution in [0.25, 0.3) is 21.9 Å². The second-order valence-corrected chi connectivity index (χ2v) is 7.61. The summed E-state index contributed by atoms with van der Waals surface area (Å²) in [6, 6.07) is 10.5. The van der Waals surface area contributed by atoms with Gasteiger partial charge in [0, 0.05) is 35.6 Å². The van der Waals surface area contributed by atoms with Gasteiger partial charge in [0.05, 0.1) is 10.9 Å². The van der Waals surface area contributed by atoms with Crippen LogP contribution in [0.5, 0.6) is 0 Å². The Kier molecular flexibility index (Phi) is 5.42. The molecule has 0 spiro atoms. The molecule has 0 radical (unpaired) electrons. The van der Waals surface area contributed by atoms with Gasteiger partial charge in [0.25, 0.3) is 5.91 Å². The number of rotatable bonds is 5. The first-order chi connectivity index (χ1) is 14.9. The highest BCUT2D eigenvalue weighted by Gasteiger charge is 2.16. The van der Waals surface area contributed by atoms with E-state index in [0.717, 1.165) is 29.5 Å². The van der Waals surface area contributed by atoms with Crippen LogP contribution in [0.15, 0.2) is 52.2 Å². The molecular formula is C24H24N4O3. The molecule has 1 amide bonds. The number of carbonyl (C=O) groups is 1. The fraction of sp³-hybridized carbons (Fsp3) is 0.250. The summed E-state index contributed by atoms with van der Waals surface area (Å²) < 4.78 is 1.80. The number of hydrogen-bond donors (Lipinski definition) is 2. The van der Waals surface area contributed by atoms with Gasteiger partial charge in [-0.3, -0.25) is 14.4 Å². The highest BCUT2D eigenvalue weighted by Crippen LogP contribution is 2.21. The highest BCUT2D eigenvalue weighted by atomic mass is 16.2. The largest absolute Gasteiger partial charge is 0.332 e. The Labute approximate surface area is 178 Å². The summed E-state index contributed by atoms with van der Waals surface area (Å²) >= 11 is 0. The molecule has 3 heterocycles. The molecule has 0 saturated carbocycles. The molecule has 31 heavy (non-hydrogen) atoms. The summed E-state index contributed by atoms with van der Waals surface area (Å²) in [5.74, 6) is -0.499. The van der Waals surface area contributed by atoms with Crippen LogP contribution in [-0.4, -0.2) is 20.4 Å². The quantitative estimate of drug-likeness (QED) is 0.518. The smallest absolute Gasteiger partial charge is 0.261 e. The van der Waals surface area contributed by atoms with Gasteiger partial charge in [-0.05, 0) is 50.1 Å². The first-order valence-corrected chi connectivity index (χ1v) is 10.4. The van der Waals surface area contributed by atoms with Crippen molar-refractivity contribution in [3.05, 3.63) is 80.0 Å². The van der Waals surface area contributed by atoms with Crippen molar-refractivity contribution in [1.29, 1.82) is 0 Å². The van der Waals surface area contributed by atoms with E-state index < -0.39 is 5.91 Å². The number of aryl methyl sites for hydroxylation is 3. The molecule has 4 aromatic rings. The Hall–Kier alpha value is -3.74. The molecule has 0 aliphatic carbocycles. The Morgan fingerprint density at radius 3 is 2.61 bits per heavy atom. The summed E-state index contributed by atoms with van der Waals surface area (Å²) in [7, 11) is 0. The Morgan fingerprint density at radius 2 is 1.87 bits per heavy atom. The van der Waals surface area contributed by atoms with E-state index in [1.807, 2.05) is 19.9 Å². The number of benzene rings is 1. The van der Waals surface area contributed by atoms with Crippen molar-refractivity contribution in [1.82, 2.24) is 14.5 Å². The van der Waals surface area contributed by atoms with E-state index in [1.165, 1.54) is 0 Å². The van der Waals surface area contributed by atoms with Gasteiger partial charge in [-0.15, -0.1) is 0 Å². The number of aromatic amines is 1. The third-order valence-electron chi connectivity index (χ3n) is 5.35. The van der Waals surface area contributed by atoms with E-state index in [9.17, 15) is 14.4 Å². The lowest BCUT2D eigenvalue weighted by molar-refractivity contribution is 0.102. The monoisotopic (exact) mass is 416 g/mol. The number of H-pyrrole nitrogens is 1. The standard InChI is InChI=1S/C24H24N4O3/c1-4-6-15-11-21(29)27-20-12-16(8-10-17(15)20)26-24(31)19-13-28(5-2)23-18(22(19)30)9-7-14(3)25-23/h7-13H,4-6H2,1-3H3,(H,26,31)(H,27,29). The van der Waals surface area contributed by atoms with Crippen molar-refractivity contribution < 1.29 is 4.79 Å². The van der Waals surface area contributed by atoms with Gasteiger partial charge in [0.1, 0.15) is 11.2 Å². The molecule has 0 unspecified atom stereocenters. The van der Waals surface area contributed by atoms with Crippen LogP contribution in [-0.2, 0) is 13.0 Å². The zero-order chi connectivity index (χ0) is 22.1. The minimum absolute atomic E-state index is 0.0494. The van der Waals surface area contributed by atoms with Gasteiger partial charge in [0.15, 0.2) is 0 Å². The van der Waals surface area contributed by atoms with Crippen molar-refractivity contribution in [2.45, 2.75) is 40.2 Å². The van der Waals surface area contributed by atoms with Crippen LogP contribution in [0.2, 0.25) is 0 Å².